The highest BCUT2D eigenvalue weighted by Crippen LogP contribution is 2.23. The number of hydrogen-bond acceptors (Lipinski definition) is 4. The molecule has 0 unspecified atom stereocenters. The van der Waals surface area contributed by atoms with Gasteiger partial charge in [0.1, 0.15) is 6.04 Å². The first-order chi connectivity index (χ1) is 10.3. The molecule has 0 N–H and O–H groups in total. The maximum absolute atomic E-state index is 9.20. The quantitative estimate of drug-likeness (QED) is 0.861. The molecule has 1 atom stereocenters. The molecule has 1 fully saturated rings. The molecule has 5 nitrogen and oxygen atoms in total. The second-order valence-corrected chi connectivity index (χ2v) is 5.42. The maximum atomic E-state index is 9.20. The minimum Gasteiger partial charge on any atom is -0.325 e. The number of hydrogen-bond donors (Lipinski definition) is 0. The third-order valence-electron chi connectivity index (χ3n) is 3.92. The first-order valence-electron chi connectivity index (χ1n) is 7.38. The molecule has 2 heterocycles. The first-order valence-corrected chi connectivity index (χ1v) is 7.38. The summed E-state index contributed by atoms with van der Waals surface area (Å²) in [6, 6.07) is 12.7. The van der Waals surface area contributed by atoms with Crippen LogP contribution in [0.15, 0.2) is 30.3 Å². The molecule has 1 aromatic carbocycles. The van der Waals surface area contributed by atoms with Crippen LogP contribution < -0.4 is 4.90 Å². The number of aromatic nitrogens is 3. The standard InChI is InChI=1S/C16H19N5/c1-20-16(21-11-5-8-14(21)12-17)18-15(19-20)10-9-13-6-3-2-4-7-13/h2-4,6-7,14H,5,8-11H2,1H3/t14-/m0/s1. The average molecular weight is 281 g/mol. The maximum Gasteiger partial charge on any atom is 0.224 e. The molecule has 0 amide bonds. The van der Waals surface area contributed by atoms with Crippen LogP contribution in [0.3, 0.4) is 0 Å². The van der Waals surface area contributed by atoms with Gasteiger partial charge in [-0.1, -0.05) is 30.3 Å². The second kappa shape index (κ2) is 5.96. The lowest BCUT2D eigenvalue weighted by Crippen LogP contribution is -2.30. The molecule has 108 valence electrons. The van der Waals surface area contributed by atoms with Gasteiger partial charge < -0.3 is 4.90 Å². The lowest BCUT2D eigenvalue weighted by Gasteiger charge is -2.19. The van der Waals surface area contributed by atoms with Gasteiger partial charge in [-0.05, 0) is 24.8 Å². The van der Waals surface area contributed by atoms with E-state index in [9.17, 15) is 5.26 Å². The molecule has 0 spiro atoms. The summed E-state index contributed by atoms with van der Waals surface area (Å²) >= 11 is 0. The summed E-state index contributed by atoms with van der Waals surface area (Å²) in [7, 11) is 1.90. The average Bonchev–Trinajstić information content (AvgIpc) is 3.12. The lowest BCUT2D eigenvalue weighted by molar-refractivity contribution is 0.700. The highest BCUT2D eigenvalue weighted by molar-refractivity contribution is 5.37. The SMILES string of the molecule is Cn1nc(CCc2ccccc2)nc1N1CCC[C@H]1C#N. The number of anilines is 1. The van der Waals surface area contributed by atoms with Crippen LogP contribution in [0.1, 0.15) is 24.2 Å². The molecule has 5 heteroatoms. The molecule has 2 aromatic rings. The normalized spacial score (nSPS) is 17.9. The van der Waals surface area contributed by atoms with Crippen LogP contribution in [-0.2, 0) is 19.9 Å². The van der Waals surface area contributed by atoms with E-state index in [1.807, 2.05) is 25.2 Å². The van der Waals surface area contributed by atoms with Crippen molar-refractivity contribution in [1.82, 2.24) is 14.8 Å². The minimum atomic E-state index is -0.0603. The van der Waals surface area contributed by atoms with Crippen LogP contribution >= 0.6 is 0 Å². The summed E-state index contributed by atoms with van der Waals surface area (Å²) in [6.07, 6.45) is 3.72. The topological polar surface area (TPSA) is 57.7 Å². The van der Waals surface area contributed by atoms with Crippen molar-refractivity contribution in [3.05, 3.63) is 41.7 Å². The Morgan fingerprint density at radius 2 is 2.10 bits per heavy atom. The molecule has 3 rings (SSSR count). The van der Waals surface area contributed by atoms with Gasteiger partial charge in [0.25, 0.3) is 0 Å². The van der Waals surface area contributed by atoms with Crippen LogP contribution in [0.2, 0.25) is 0 Å². The van der Waals surface area contributed by atoms with E-state index in [2.05, 4.69) is 33.2 Å². The van der Waals surface area contributed by atoms with Crippen molar-refractivity contribution in [1.29, 1.82) is 5.26 Å². The summed E-state index contributed by atoms with van der Waals surface area (Å²) in [4.78, 5) is 6.70. The van der Waals surface area contributed by atoms with Gasteiger partial charge in [-0.3, -0.25) is 0 Å². The van der Waals surface area contributed by atoms with E-state index in [1.165, 1.54) is 5.56 Å². The van der Waals surface area contributed by atoms with Crippen LogP contribution in [0.25, 0.3) is 0 Å². The Labute approximate surface area is 124 Å². The zero-order chi connectivity index (χ0) is 14.7. The molecule has 0 radical (unpaired) electrons. The molecule has 1 aliphatic rings. The predicted molar refractivity (Wildman–Crippen MR) is 80.8 cm³/mol. The molecular formula is C16H19N5. The van der Waals surface area contributed by atoms with Crippen LogP contribution in [0, 0.1) is 11.3 Å². The summed E-state index contributed by atoms with van der Waals surface area (Å²) in [6.45, 7) is 0.892. The third-order valence-corrected chi connectivity index (χ3v) is 3.92. The van der Waals surface area contributed by atoms with E-state index in [0.717, 1.165) is 44.0 Å². The number of rotatable bonds is 4. The van der Waals surface area contributed by atoms with E-state index < -0.39 is 0 Å². The van der Waals surface area contributed by atoms with Gasteiger partial charge in [-0.25, -0.2) is 4.68 Å². The van der Waals surface area contributed by atoms with Crippen LogP contribution in [0.5, 0.6) is 0 Å². The molecule has 21 heavy (non-hydrogen) atoms. The van der Waals surface area contributed by atoms with Crippen molar-refractivity contribution in [3.8, 4) is 6.07 Å². The summed E-state index contributed by atoms with van der Waals surface area (Å²) in [5.41, 5.74) is 1.29. The van der Waals surface area contributed by atoms with Gasteiger partial charge in [0, 0.05) is 20.0 Å². The van der Waals surface area contributed by atoms with Gasteiger partial charge in [-0.15, -0.1) is 0 Å². The Balaban J connectivity index is 1.71. The van der Waals surface area contributed by atoms with E-state index in [-0.39, 0.29) is 6.04 Å². The Morgan fingerprint density at radius 1 is 1.29 bits per heavy atom. The van der Waals surface area contributed by atoms with Gasteiger partial charge in [0.15, 0.2) is 5.82 Å². The van der Waals surface area contributed by atoms with E-state index >= 15 is 0 Å². The molecule has 0 bridgehead atoms. The molecule has 1 aliphatic heterocycles. The Morgan fingerprint density at radius 3 is 2.86 bits per heavy atom. The molecule has 1 saturated heterocycles. The molecule has 0 aliphatic carbocycles. The van der Waals surface area contributed by atoms with Gasteiger partial charge in [0.05, 0.1) is 6.07 Å². The fourth-order valence-electron chi connectivity index (χ4n) is 2.83. The van der Waals surface area contributed by atoms with Crippen molar-refractivity contribution < 1.29 is 0 Å². The number of nitrogens with zero attached hydrogens (tertiary/aromatic N) is 5. The minimum absolute atomic E-state index is 0.0603. The molecule has 0 saturated carbocycles. The van der Waals surface area contributed by atoms with Gasteiger partial charge in [-0.2, -0.15) is 15.3 Å². The molecular weight excluding hydrogens is 262 g/mol. The van der Waals surface area contributed by atoms with Crippen molar-refractivity contribution in [3.63, 3.8) is 0 Å². The monoisotopic (exact) mass is 281 g/mol. The zero-order valence-corrected chi connectivity index (χ0v) is 12.2. The third kappa shape index (κ3) is 2.89. The van der Waals surface area contributed by atoms with Crippen LogP contribution in [-0.4, -0.2) is 27.4 Å². The fourth-order valence-corrected chi connectivity index (χ4v) is 2.83. The smallest absolute Gasteiger partial charge is 0.224 e. The highest BCUT2D eigenvalue weighted by atomic mass is 15.4. The summed E-state index contributed by atoms with van der Waals surface area (Å²) in [5, 5.41) is 13.7. The fraction of sp³-hybridized carbons (Fsp3) is 0.438. The second-order valence-electron chi connectivity index (χ2n) is 5.42. The lowest BCUT2D eigenvalue weighted by atomic mass is 10.1. The van der Waals surface area contributed by atoms with Gasteiger partial charge >= 0.3 is 0 Å². The largest absolute Gasteiger partial charge is 0.325 e. The Bertz CT molecular complexity index is 640. The number of benzene rings is 1. The van der Waals surface area contributed by atoms with E-state index in [4.69, 9.17) is 0 Å². The van der Waals surface area contributed by atoms with Crippen molar-refractivity contribution in [2.75, 3.05) is 11.4 Å². The van der Waals surface area contributed by atoms with Crippen molar-refractivity contribution in [2.24, 2.45) is 7.05 Å². The zero-order valence-electron chi connectivity index (χ0n) is 12.2. The summed E-state index contributed by atoms with van der Waals surface area (Å²) < 4.78 is 1.80. The van der Waals surface area contributed by atoms with Gasteiger partial charge in [0.2, 0.25) is 5.95 Å². The van der Waals surface area contributed by atoms with Crippen molar-refractivity contribution >= 4 is 5.95 Å². The van der Waals surface area contributed by atoms with E-state index in [0.29, 0.717) is 0 Å². The van der Waals surface area contributed by atoms with E-state index in [1.54, 1.807) is 4.68 Å². The first kappa shape index (κ1) is 13.6. The Hall–Kier alpha value is -2.35. The summed E-state index contributed by atoms with van der Waals surface area (Å²) in [5.74, 6) is 1.67. The molecule has 1 aromatic heterocycles. The number of nitriles is 1. The predicted octanol–water partition coefficient (Wildman–Crippen LogP) is 2.09. The Kier molecular flexibility index (Phi) is 3.87. The van der Waals surface area contributed by atoms with Crippen molar-refractivity contribution in [2.45, 2.75) is 31.7 Å². The van der Waals surface area contributed by atoms with Crippen LogP contribution in [0.4, 0.5) is 5.95 Å². The number of aryl methyl sites for hydroxylation is 3. The highest BCUT2D eigenvalue weighted by Gasteiger charge is 2.28.